The molecule has 5 aliphatic rings. The fourth-order valence-electron chi connectivity index (χ4n) is 8.80. The molecule has 0 aromatic heterocycles. The molecule has 0 saturated carbocycles. The van der Waals surface area contributed by atoms with E-state index in [2.05, 4.69) is 26.3 Å². The highest BCUT2D eigenvalue weighted by atomic mass is 32.2. The van der Waals surface area contributed by atoms with E-state index in [0.29, 0.717) is 18.5 Å². The van der Waals surface area contributed by atoms with E-state index < -0.39 is 25.0 Å². The number of anilines is 1. The van der Waals surface area contributed by atoms with Crippen LogP contribution in [0.3, 0.4) is 0 Å². The van der Waals surface area contributed by atoms with Gasteiger partial charge in [0.25, 0.3) is 0 Å². The standard InChI is InChI=1S/C37H44N4O6S2/c38-15-3-1-2-4-16-39-48(42,43)26-13-14-27(32(23-26)49(44,45)46)33-30-21-24-9-5-17-40-19-7-11-28(34(24)40)36(30)47-37-29-12-8-20-41-18-6-10-25(35(29)41)22-31(33)37/h13-14,21-23,39H,1-12,15-20,38H2. The molecule has 0 radical (unpaired) electrons. The number of aryl methyl sites for hydroxylation is 2. The summed E-state index contributed by atoms with van der Waals surface area (Å²) in [5.74, 6) is 1.47. The van der Waals surface area contributed by atoms with Crippen molar-refractivity contribution in [1.82, 2.24) is 9.30 Å². The first-order valence-corrected chi connectivity index (χ1v) is 20.8. The van der Waals surface area contributed by atoms with Gasteiger partial charge in [-0.15, -0.1) is 0 Å². The van der Waals surface area contributed by atoms with Gasteiger partial charge in [0.1, 0.15) is 34.7 Å². The molecule has 0 amide bonds. The van der Waals surface area contributed by atoms with Crippen LogP contribution in [-0.2, 0) is 45.8 Å². The molecule has 3 aromatic rings. The monoisotopic (exact) mass is 704 g/mol. The number of rotatable bonds is 10. The second kappa shape index (κ2) is 12.8. The lowest BCUT2D eigenvalue weighted by Crippen LogP contribution is -2.45. The minimum absolute atomic E-state index is 0.208. The van der Waals surface area contributed by atoms with Crippen molar-refractivity contribution >= 4 is 31.4 Å². The van der Waals surface area contributed by atoms with Crippen molar-refractivity contribution in [2.24, 2.45) is 5.73 Å². The molecule has 0 aliphatic carbocycles. The number of benzene rings is 3. The van der Waals surface area contributed by atoms with Gasteiger partial charge in [-0.25, -0.2) is 26.1 Å². The van der Waals surface area contributed by atoms with Crippen molar-refractivity contribution in [3.63, 3.8) is 0 Å². The van der Waals surface area contributed by atoms with E-state index in [4.69, 9.17) is 10.5 Å². The summed E-state index contributed by atoms with van der Waals surface area (Å²) >= 11 is 0. The van der Waals surface area contributed by atoms with Gasteiger partial charge in [0, 0.05) is 71.2 Å². The van der Waals surface area contributed by atoms with Gasteiger partial charge in [0.2, 0.25) is 15.4 Å². The molecule has 0 spiro atoms. The fraction of sp³-hybridized carbons (Fsp3) is 0.486. The first-order valence-electron chi connectivity index (χ1n) is 17.9. The van der Waals surface area contributed by atoms with Crippen molar-refractivity contribution in [1.29, 1.82) is 0 Å². The van der Waals surface area contributed by atoms with E-state index in [0.717, 1.165) is 136 Å². The van der Waals surface area contributed by atoms with Crippen LogP contribution in [0.5, 0.6) is 11.5 Å². The first kappa shape index (κ1) is 32.9. The highest BCUT2D eigenvalue weighted by molar-refractivity contribution is 7.89. The Morgan fingerprint density at radius 3 is 2.35 bits per heavy atom. The van der Waals surface area contributed by atoms with Crippen LogP contribution in [0, 0.1) is 0 Å². The van der Waals surface area contributed by atoms with E-state index in [-0.39, 0.29) is 17.0 Å². The summed E-state index contributed by atoms with van der Waals surface area (Å²) in [5, 5.41) is 2.01. The average Bonchev–Trinajstić information content (AvgIpc) is 3.09. The van der Waals surface area contributed by atoms with Gasteiger partial charge in [-0.3, -0.25) is 0 Å². The summed E-state index contributed by atoms with van der Waals surface area (Å²) in [4.78, 5) is 1.68. The second-order valence-electron chi connectivity index (χ2n) is 14.1. The number of hydrogen-bond donors (Lipinski definition) is 2. The lowest BCUT2D eigenvalue weighted by Gasteiger charge is -2.39. The average molecular weight is 705 g/mol. The molecule has 5 aliphatic heterocycles. The van der Waals surface area contributed by atoms with E-state index in [9.17, 15) is 21.4 Å². The van der Waals surface area contributed by atoms with Gasteiger partial charge in [0.05, 0.1) is 15.4 Å². The van der Waals surface area contributed by atoms with Crippen LogP contribution in [0.1, 0.15) is 84.7 Å². The topological polar surface area (TPSA) is 145 Å². The fourth-order valence-corrected chi connectivity index (χ4v) is 10.7. The zero-order valence-electron chi connectivity index (χ0n) is 27.9. The van der Waals surface area contributed by atoms with Gasteiger partial charge in [0.15, 0.2) is 0 Å². The maximum Gasteiger partial charge on any atom is 0.240 e. The second-order valence-corrected chi connectivity index (χ2v) is 17.2. The third-order valence-electron chi connectivity index (χ3n) is 10.9. The maximum absolute atomic E-state index is 13.4. The Balaban J connectivity index is 1.36. The molecule has 8 rings (SSSR count). The van der Waals surface area contributed by atoms with Crippen LogP contribution < -0.4 is 35.2 Å². The highest BCUT2D eigenvalue weighted by Crippen LogP contribution is 2.49. The smallest absolute Gasteiger partial charge is 0.240 e. The lowest BCUT2D eigenvalue weighted by atomic mass is 9.82. The predicted octanol–water partition coefficient (Wildman–Crippen LogP) is 2.82. The Labute approximate surface area is 288 Å². The Kier molecular flexibility index (Phi) is 8.59. The van der Waals surface area contributed by atoms with Gasteiger partial charge in [-0.1, -0.05) is 18.9 Å². The predicted molar refractivity (Wildman–Crippen MR) is 187 cm³/mol. The molecular weight excluding hydrogens is 661 g/mol. The molecular formula is C37H44N4O6S2. The maximum atomic E-state index is 13.4. The number of nitrogens with one attached hydrogen (secondary N) is 1. The zero-order chi connectivity index (χ0) is 33.9. The number of hydrogen-bond acceptors (Lipinski definition) is 8. The van der Waals surface area contributed by atoms with Crippen LogP contribution in [0.4, 0.5) is 5.69 Å². The van der Waals surface area contributed by atoms with Crippen molar-refractivity contribution in [3.8, 4) is 11.5 Å². The van der Waals surface area contributed by atoms with Crippen molar-refractivity contribution in [2.75, 3.05) is 44.2 Å². The number of unbranched alkanes of at least 4 members (excludes halogenated alkanes) is 3. The summed E-state index contributed by atoms with van der Waals surface area (Å²) in [5.41, 5.74) is 13.1. The molecule has 260 valence electrons. The van der Waals surface area contributed by atoms with Crippen molar-refractivity contribution in [2.45, 2.75) is 86.8 Å². The molecule has 12 heteroatoms. The third-order valence-corrected chi connectivity index (χ3v) is 13.2. The Morgan fingerprint density at radius 1 is 0.816 bits per heavy atom. The SMILES string of the molecule is NCCCCCCNS(=O)(=O)c1ccc(C2=c3cc4c5c(c3Oc3c2cc2c6c3CCCN6CCC2)CCC[N+]=5CCC4)c(S(=O)(=O)[O-])c1. The zero-order valence-corrected chi connectivity index (χ0v) is 29.5. The molecule has 3 N–H and O–H groups in total. The number of sulfonamides is 1. The van der Waals surface area contributed by atoms with Crippen molar-refractivity contribution < 1.29 is 26.1 Å². The largest absolute Gasteiger partial charge is 0.744 e. The van der Waals surface area contributed by atoms with Crippen LogP contribution in [0.2, 0.25) is 0 Å². The Morgan fingerprint density at radius 2 is 1.55 bits per heavy atom. The summed E-state index contributed by atoms with van der Waals surface area (Å²) in [7, 11) is -9.17. The third kappa shape index (κ3) is 5.79. The number of fused-ring (bicyclic) bond motifs is 4. The van der Waals surface area contributed by atoms with Gasteiger partial charge < -0.3 is 19.9 Å². The van der Waals surface area contributed by atoms with Gasteiger partial charge >= 0.3 is 0 Å². The number of ether oxygens (including phenoxy) is 1. The van der Waals surface area contributed by atoms with E-state index in [1.807, 2.05) is 0 Å². The van der Waals surface area contributed by atoms with Crippen LogP contribution >= 0.6 is 0 Å². The summed E-state index contributed by atoms with van der Waals surface area (Å²) in [6, 6.07) is 8.27. The number of nitrogens with zero attached hydrogens (tertiary/aromatic N) is 2. The molecule has 3 aromatic carbocycles. The highest BCUT2D eigenvalue weighted by Gasteiger charge is 2.36. The molecule has 0 unspecified atom stereocenters. The minimum atomic E-state index is -5.10. The van der Waals surface area contributed by atoms with E-state index in [1.54, 1.807) is 0 Å². The van der Waals surface area contributed by atoms with Crippen LogP contribution in [-0.4, -0.2) is 60.7 Å². The Hall–Kier alpha value is -3.29. The molecule has 49 heavy (non-hydrogen) atoms. The van der Waals surface area contributed by atoms with E-state index in [1.165, 1.54) is 34.3 Å². The lowest BCUT2D eigenvalue weighted by molar-refractivity contribution is 0.431. The van der Waals surface area contributed by atoms with Crippen LogP contribution in [0.15, 0.2) is 40.1 Å². The molecule has 0 atom stereocenters. The first-order chi connectivity index (χ1) is 23.7. The molecule has 0 fully saturated rings. The van der Waals surface area contributed by atoms with Gasteiger partial charge in [-0.05, 0) is 87.7 Å². The minimum Gasteiger partial charge on any atom is -0.744 e. The molecule has 0 bridgehead atoms. The molecule has 5 heterocycles. The van der Waals surface area contributed by atoms with Gasteiger partial charge in [-0.2, -0.15) is 0 Å². The van der Waals surface area contributed by atoms with Crippen molar-refractivity contribution in [3.05, 3.63) is 74.3 Å². The Bertz CT molecular complexity index is 2210. The number of nitrogens with two attached hydrogens (primary N) is 1. The summed E-state index contributed by atoms with van der Waals surface area (Å²) in [6.07, 6.45) is 10.8. The van der Waals surface area contributed by atoms with Crippen LogP contribution in [0.25, 0.3) is 5.57 Å². The normalized spacial score (nSPS) is 18.0. The quantitative estimate of drug-likeness (QED) is 0.146. The summed E-state index contributed by atoms with van der Waals surface area (Å²) in [6.45, 7) is 4.78. The molecule has 10 nitrogen and oxygen atoms in total. The van der Waals surface area contributed by atoms with E-state index >= 15 is 0 Å². The summed E-state index contributed by atoms with van der Waals surface area (Å²) < 4.78 is 78.3. The molecule has 0 saturated heterocycles.